The largest absolute Gasteiger partial charge is 0.339 e. The quantitative estimate of drug-likeness (QED) is 0.709. The second-order valence-electron chi connectivity index (χ2n) is 5.36. The van der Waals surface area contributed by atoms with E-state index in [1.807, 2.05) is 11.0 Å². The zero-order chi connectivity index (χ0) is 13.2. The molecular formula is C16H18FNO. The lowest BCUT2D eigenvalue weighted by Gasteiger charge is -2.20. The molecule has 0 spiro atoms. The van der Waals surface area contributed by atoms with Gasteiger partial charge in [-0.3, -0.25) is 4.79 Å². The molecule has 1 aromatic rings. The Balaban J connectivity index is 1.89. The van der Waals surface area contributed by atoms with Crippen molar-refractivity contribution in [3.8, 4) is 0 Å². The standard InChI is InChI=1S/C16H18FNO/c17-14-7-6-12-4-3-5-13(15(12)11-14)10-16(19)18-8-1-2-9-18/h6-7,10-11H,1-5,8-9H2/b13-10-. The maximum absolute atomic E-state index is 13.4. The van der Waals surface area contributed by atoms with Crippen molar-refractivity contribution >= 4 is 11.5 Å². The zero-order valence-electron chi connectivity index (χ0n) is 11.0. The normalized spacial score (nSPS) is 20.7. The van der Waals surface area contributed by atoms with Crippen molar-refractivity contribution in [2.75, 3.05) is 13.1 Å². The van der Waals surface area contributed by atoms with Gasteiger partial charge in [0.1, 0.15) is 5.82 Å². The van der Waals surface area contributed by atoms with Crippen LogP contribution in [0.4, 0.5) is 4.39 Å². The molecule has 0 saturated carbocycles. The molecule has 0 N–H and O–H groups in total. The summed E-state index contributed by atoms with van der Waals surface area (Å²) in [6.45, 7) is 1.72. The molecule has 0 bridgehead atoms. The number of carbonyl (C=O) groups excluding carboxylic acids is 1. The molecule has 1 heterocycles. The lowest BCUT2D eigenvalue weighted by Crippen LogP contribution is -2.26. The molecule has 100 valence electrons. The Morgan fingerprint density at radius 1 is 1.16 bits per heavy atom. The topological polar surface area (TPSA) is 20.3 Å². The maximum Gasteiger partial charge on any atom is 0.246 e. The summed E-state index contributed by atoms with van der Waals surface area (Å²) in [6, 6.07) is 4.92. The molecular weight excluding hydrogens is 241 g/mol. The SMILES string of the molecule is O=C(/C=C1/CCCc2ccc(F)cc21)N1CCCC1. The molecule has 0 aromatic heterocycles. The highest BCUT2D eigenvalue weighted by Gasteiger charge is 2.19. The molecule has 0 atom stereocenters. The molecule has 0 unspecified atom stereocenters. The monoisotopic (exact) mass is 259 g/mol. The minimum atomic E-state index is -0.222. The summed E-state index contributed by atoms with van der Waals surface area (Å²) < 4.78 is 13.4. The molecule has 1 amide bonds. The summed E-state index contributed by atoms with van der Waals surface area (Å²) in [6.07, 6.45) is 6.81. The molecule has 1 aliphatic carbocycles. The summed E-state index contributed by atoms with van der Waals surface area (Å²) in [5.41, 5.74) is 3.09. The smallest absolute Gasteiger partial charge is 0.246 e. The second kappa shape index (κ2) is 5.16. The van der Waals surface area contributed by atoms with Gasteiger partial charge in [-0.25, -0.2) is 4.39 Å². The number of aryl methyl sites for hydroxylation is 1. The third kappa shape index (κ3) is 2.55. The Bertz CT molecular complexity index is 530. The molecule has 1 saturated heterocycles. The fourth-order valence-electron chi connectivity index (χ4n) is 3.00. The van der Waals surface area contributed by atoms with E-state index in [0.29, 0.717) is 0 Å². The number of likely N-dealkylation sites (tertiary alicyclic amines) is 1. The number of amides is 1. The van der Waals surface area contributed by atoms with Gasteiger partial charge in [0.25, 0.3) is 0 Å². The fourth-order valence-corrected chi connectivity index (χ4v) is 3.00. The minimum absolute atomic E-state index is 0.0876. The summed E-state index contributed by atoms with van der Waals surface area (Å²) >= 11 is 0. The highest BCUT2D eigenvalue weighted by Crippen LogP contribution is 2.31. The third-order valence-corrected chi connectivity index (χ3v) is 4.03. The molecule has 2 aliphatic rings. The Morgan fingerprint density at radius 2 is 1.95 bits per heavy atom. The van der Waals surface area contributed by atoms with Gasteiger partial charge in [0, 0.05) is 19.2 Å². The van der Waals surface area contributed by atoms with Crippen LogP contribution < -0.4 is 0 Å². The van der Waals surface area contributed by atoms with E-state index < -0.39 is 0 Å². The van der Waals surface area contributed by atoms with Crippen LogP contribution in [-0.2, 0) is 11.2 Å². The number of fused-ring (bicyclic) bond motifs is 1. The third-order valence-electron chi connectivity index (χ3n) is 4.03. The van der Waals surface area contributed by atoms with Crippen molar-refractivity contribution in [3.63, 3.8) is 0 Å². The van der Waals surface area contributed by atoms with Crippen molar-refractivity contribution in [2.24, 2.45) is 0 Å². The van der Waals surface area contributed by atoms with Crippen LogP contribution in [0.25, 0.3) is 5.57 Å². The Hall–Kier alpha value is -1.64. The van der Waals surface area contributed by atoms with E-state index in [1.165, 1.54) is 6.07 Å². The Labute approximate surface area is 112 Å². The van der Waals surface area contributed by atoms with Crippen molar-refractivity contribution in [3.05, 3.63) is 41.2 Å². The molecule has 1 fully saturated rings. The first-order chi connectivity index (χ1) is 9.24. The maximum atomic E-state index is 13.4. The van der Waals surface area contributed by atoms with Crippen LogP contribution in [0.5, 0.6) is 0 Å². The van der Waals surface area contributed by atoms with Crippen molar-refractivity contribution in [1.82, 2.24) is 4.90 Å². The van der Waals surface area contributed by atoms with Gasteiger partial charge in [0.05, 0.1) is 0 Å². The highest BCUT2D eigenvalue weighted by molar-refractivity contribution is 5.96. The average Bonchev–Trinajstić information content (AvgIpc) is 2.93. The number of halogens is 1. The first-order valence-electron chi connectivity index (χ1n) is 7.02. The number of hydrogen-bond donors (Lipinski definition) is 0. The number of benzene rings is 1. The molecule has 1 aliphatic heterocycles. The van der Waals surface area contributed by atoms with Gasteiger partial charge >= 0.3 is 0 Å². The van der Waals surface area contributed by atoms with Gasteiger partial charge in [-0.1, -0.05) is 6.07 Å². The van der Waals surface area contributed by atoms with Crippen molar-refractivity contribution in [2.45, 2.75) is 32.1 Å². The number of carbonyl (C=O) groups is 1. The lowest BCUT2D eigenvalue weighted by molar-refractivity contribution is -0.124. The van der Waals surface area contributed by atoms with E-state index in [9.17, 15) is 9.18 Å². The van der Waals surface area contributed by atoms with Gasteiger partial charge in [-0.15, -0.1) is 0 Å². The number of rotatable bonds is 1. The molecule has 3 heteroatoms. The van der Waals surface area contributed by atoms with Gasteiger partial charge in [0.15, 0.2) is 0 Å². The molecule has 3 rings (SSSR count). The predicted octanol–water partition coefficient (Wildman–Crippen LogP) is 3.17. The predicted molar refractivity (Wildman–Crippen MR) is 73.1 cm³/mol. The Morgan fingerprint density at radius 3 is 2.74 bits per heavy atom. The minimum Gasteiger partial charge on any atom is -0.339 e. The highest BCUT2D eigenvalue weighted by atomic mass is 19.1. The first-order valence-corrected chi connectivity index (χ1v) is 7.02. The van der Waals surface area contributed by atoms with Gasteiger partial charge < -0.3 is 4.90 Å². The van der Waals surface area contributed by atoms with Crippen LogP contribution in [0.15, 0.2) is 24.3 Å². The van der Waals surface area contributed by atoms with Crippen molar-refractivity contribution < 1.29 is 9.18 Å². The van der Waals surface area contributed by atoms with Gasteiger partial charge in [-0.2, -0.15) is 0 Å². The average molecular weight is 259 g/mol. The van der Waals surface area contributed by atoms with Crippen LogP contribution in [0.1, 0.15) is 36.8 Å². The van der Waals surface area contributed by atoms with Crippen LogP contribution in [0.3, 0.4) is 0 Å². The summed E-state index contributed by atoms with van der Waals surface area (Å²) in [5, 5.41) is 0. The van der Waals surface area contributed by atoms with E-state index in [1.54, 1.807) is 12.1 Å². The molecule has 1 aromatic carbocycles. The summed E-state index contributed by atoms with van der Waals surface area (Å²) in [4.78, 5) is 14.1. The number of hydrogen-bond acceptors (Lipinski definition) is 1. The van der Waals surface area contributed by atoms with Crippen LogP contribution >= 0.6 is 0 Å². The summed E-state index contributed by atoms with van der Waals surface area (Å²) in [7, 11) is 0. The zero-order valence-corrected chi connectivity index (χ0v) is 11.0. The van der Waals surface area contributed by atoms with Crippen LogP contribution in [0.2, 0.25) is 0 Å². The number of nitrogens with zero attached hydrogens (tertiary/aromatic N) is 1. The van der Waals surface area contributed by atoms with Crippen molar-refractivity contribution in [1.29, 1.82) is 0 Å². The van der Waals surface area contributed by atoms with E-state index in [0.717, 1.165) is 61.9 Å². The number of allylic oxidation sites excluding steroid dienone is 1. The van der Waals surface area contributed by atoms with Gasteiger partial charge in [0.2, 0.25) is 5.91 Å². The molecule has 0 radical (unpaired) electrons. The van der Waals surface area contributed by atoms with Gasteiger partial charge in [-0.05, 0) is 60.9 Å². The van der Waals surface area contributed by atoms with Crippen LogP contribution in [0, 0.1) is 5.82 Å². The fraction of sp³-hybridized carbons (Fsp3) is 0.438. The second-order valence-corrected chi connectivity index (χ2v) is 5.36. The molecule has 19 heavy (non-hydrogen) atoms. The lowest BCUT2D eigenvalue weighted by atomic mass is 9.87. The Kier molecular flexibility index (Phi) is 3.36. The summed E-state index contributed by atoms with van der Waals surface area (Å²) in [5.74, 6) is -0.134. The van der Waals surface area contributed by atoms with E-state index in [2.05, 4.69) is 0 Å². The van der Waals surface area contributed by atoms with E-state index in [-0.39, 0.29) is 11.7 Å². The van der Waals surface area contributed by atoms with E-state index >= 15 is 0 Å². The van der Waals surface area contributed by atoms with E-state index in [4.69, 9.17) is 0 Å². The first kappa shape index (κ1) is 12.4. The van der Waals surface area contributed by atoms with Crippen LogP contribution in [-0.4, -0.2) is 23.9 Å². The molecule has 2 nitrogen and oxygen atoms in total.